The van der Waals surface area contributed by atoms with Crippen LogP contribution in [0.15, 0.2) is 36.9 Å². The third-order valence-corrected chi connectivity index (χ3v) is 9.53. The number of carbonyl (C=O) groups excluding carboxylic acids is 4. The molecule has 0 bridgehead atoms. The van der Waals surface area contributed by atoms with Gasteiger partial charge in [0.25, 0.3) is 0 Å². The van der Waals surface area contributed by atoms with Crippen molar-refractivity contribution in [1.82, 2.24) is 36.2 Å². The first-order chi connectivity index (χ1) is 23.4. The van der Waals surface area contributed by atoms with Gasteiger partial charge in [0.15, 0.2) is 0 Å². The SMILES string of the molecule is CC[C@H](C)[C@H](NC(=O)[C@H](C(C)C)[C@@H](O)[C@H](O)[C@H](CC1CCCCC1)NC(=O)[C@H](Cc1cnc[nH]1)NC(=O)CO)C(=O)NCc1ccccn1. The molecule has 1 aliphatic rings. The maximum absolute atomic E-state index is 13.9. The number of H-pyrrole nitrogens is 1. The van der Waals surface area contributed by atoms with Gasteiger partial charge in [-0.05, 0) is 36.3 Å². The van der Waals surface area contributed by atoms with E-state index in [9.17, 15) is 34.5 Å². The van der Waals surface area contributed by atoms with Crippen LogP contribution < -0.4 is 21.3 Å². The number of aliphatic hydroxyl groups excluding tert-OH is 3. The Hall–Kier alpha value is -3.88. The maximum Gasteiger partial charge on any atom is 0.246 e. The van der Waals surface area contributed by atoms with Gasteiger partial charge in [-0.3, -0.25) is 24.2 Å². The summed E-state index contributed by atoms with van der Waals surface area (Å²) in [6.45, 7) is 6.63. The Morgan fingerprint density at radius 2 is 1.69 bits per heavy atom. The molecule has 0 radical (unpaired) electrons. The second-order valence-corrected chi connectivity index (χ2v) is 13.6. The Balaban J connectivity index is 1.81. The van der Waals surface area contributed by atoms with E-state index in [1.54, 1.807) is 32.2 Å². The molecule has 7 atom stereocenters. The van der Waals surface area contributed by atoms with Gasteiger partial charge in [-0.25, -0.2) is 4.98 Å². The van der Waals surface area contributed by atoms with Crippen molar-refractivity contribution in [2.75, 3.05) is 6.61 Å². The topological polar surface area (TPSA) is 219 Å². The number of nitrogens with one attached hydrogen (secondary N) is 5. The molecule has 0 unspecified atom stereocenters. The summed E-state index contributed by atoms with van der Waals surface area (Å²) in [6, 6.07) is 2.41. The van der Waals surface area contributed by atoms with Crippen molar-refractivity contribution in [2.45, 2.75) is 116 Å². The van der Waals surface area contributed by atoms with Crippen LogP contribution in [-0.2, 0) is 32.1 Å². The largest absolute Gasteiger partial charge is 0.390 e. The molecule has 0 aliphatic heterocycles. The maximum atomic E-state index is 13.9. The number of pyridine rings is 1. The van der Waals surface area contributed by atoms with Gasteiger partial charge >= 0.3 is 0 Å². The molecule has 272 valence electrons. The molecule has 2 aromatic heterocycles. The van der Waals surface area contributed by atoms with Gasteiger partial charge in [-0.15, -0.1) is 0 Å². The zero-order valence-corrected chi connectivity index (χ0v) is 29.1. The van der Waals surface area contributed by atoms with E-state index in [1.165, 1.54) is 12.5 Å². The van der Waals surface area contributed by atoms with Gasteiger partial charge in [0, 0.05) is 24.5 Å². The average molecular weight is 686 g/mol. The Labute approximate surface area is 288 Å². The molecule has 14 nitrogen and oxygen atoms in total. The first-order valence-electron chi connectivity index (χ1n) is 17.5. The first-order valence-corrected chi connectivity index (χ1v) is 17.5. The predicted molar refractivity (Wildman–Crippen MR) is 182 cm³/mol. The monoisotopic (exact) mass is 685 g/mol. The predicted octanol–water partition coefficient (Wildman–Crippen LogP) is 1.12. The highest BCUT2D eigenvalue weighted by molar-refractivity contribution is 5.89. The zero-order valence-electron chi connectivity index (χ0n) is 29.1. The van der Waals surface area contributed by atoms with Crippen LogP contribution in [0.1, 0.15) is 84.0 Å². The molecule has 49 heavy (non-hydrogen) atoms. The lowest BCUT2D eigenvalue weighted by Crippen LogP contribution is -2.59. The van der Waals surface area contributed by atoms with Gasteiger partial charge in [0.1, 0.15) is 24.8 Å². The van der Waals surface area contributed by atoms with Crippen molar-refractivity contribution >= 4 is 23.6 Å². The second-order valence-electron chi connectivity index (χ2n) is 13.6. The number of aliphatic hydroxyl groups is 3. The second kappa shape index (κ2) is 20.0. The highest BCUT2D eigenvalue weighted by Gasteiger charge is 2.41. The minimum atomic E-state index is -1.60. The molecule has 14 heteroatoms. The summed E-state index contributed by atoms with van der Waals surface area (Å²) >= 11 is 0. The lowest BCUT2D eigenvalue weighted by atomic mass is 9.79. The molecule has 0 spiro atoms. The summed E-state index contributed by atoms with van der Waals surface area (Å²) in [7, 11) is 0. The molecule has 2 heterocycles. The molecule has 1 saturated carbocycles. The Kier molecular flexibility index (Phi) is 16.1. The normalized spacial score (nSPS) is 18.0. The molecule has 2 aromatic rings. The Morgan fingerprint density at radius 1 is 0.959 bits per heavy atom. The van der Waals surface area contributed by atoms with Crippen LogP contribution in [0.5, 0.6) is 0 Å². The highest BCUT2D eigenvalue weighted by atomic mass is 16.3. The van der Waals surface area contributed by atoms with Gasteiger partial charge in [0.2, 0.25) is 23.6 Å². The quantitative estimate of drug-likeness (QED) is 0.106. The smallest absolute Gasteiger partial charge is 0.246 e. The number of hydrogen-bond donors (Lipinski definition) is 8. The van der Waals surface area contributed by atoms with Crippen LogP contribution in [0.3, 0.4) is 0 Å². The van der Waals surface area contributed by atoms with E-state index in [0.717, 1.165) is 32.1 Å². The molecular formula is C35H55N7O7. The van der Waals surface area contributed by atoms with Crippen LogP contribution >= 0.6 is 0 Å². The summed E-state index contributed by atoms with van der Waals surface area (Å²) in [5.74, 6) is -3.97. The van der Waals surface area contributed by atoms with Crippen molar-refractivity contribution in [3.05, 3.63) is 48.3 Å². The van der Waals surface area contributed by atoms with E-state index in [4.69, 9.17) is 0 Å². The number of nitrogens with zero attached hydrogens (tertiary/aromatic N) is 2. The fraction of sp³-hybridized carbons (Fsp3) is 0.657. The lowest BCUT2D eigenvalue weighted by Gasteiger charge is -2.37. The third kappa shape index (κ3) is 12.2. The number of hydrogen-bond acceptors (Lipinski definition) is 9. The number of aromatic nitrogens is 3. The molecule has 0 aromatic carbocycles. The molecule has 1 fully saturated rings. The average Bonchev–Trinajstić information content (AvgIpc) is 3.62. The van der Waals surface area contributed by atoms with Crippen LogP contribution in [-0.4, -0.2) is 90.8 Å². The minimum Gasteiger partial charge on any atom is -0.390 e. The van der Waals surface area contributed by atoms with E-state index < -0.39 is 66.5 Å². The molecule has 4 amide bonds. The number of rotatable bonds is 19. The number of carbonyl (C=O) groups is 4. The van der Waals surface area contributed by atoms with Gasteiger partial charge in [-0.1, -0.05) is 72.3 Å². The standard InChI is InChI=1S/C35H55N7O7/c1-5-22(4)30(35(49)38-18-24-13-9-10-14-37-24)42-34(48)29(21(2)3)32(46)31(45)26(15-23-11-7-6-8-12-23)41-33(47)27(40-28(44)19-43)16-25-17-36-20-39-25/h9-10,13-14,17,20-23,26-27,29-32,43,45-46H,5-8,11-12,15-16,18-19H2,1-4H3,(H,36,39)(H,38,49)(H,40,44)(H,41,47)(H,42,48)/t22-,26-,27-,29+,30-,31+,32+/m0/s1. The van der Waals surface area contributed by atoms with E-state index in [-0.39, 0.29) is 30.7 Å². The van der Waals surface area contributed by atoms with Crippen LogP contribution in [0.4, 0.5) is 0 Å². The van der Waals surface area contributed by atoms with Crippen molar-refractivity contribution in [2.24, 2.45) is 23.7 Å². The number of aromatic amines is 1. The summed E-state index contributed by atoms with van der Waals surface area (Å²) in [6.07, 6.45) is 7.34. The van der Waals surface area contributed by atoms with Crippen molar-refractivity contribution in [3.63, 3.8) is 0 Å². The highest BCUT2D eigenvalue weighted by Crippen LogP contribution is 2.30. The van der Waals surface area contributed by atoms with E-state index in [2.05, 4.69) is 36.2 Å². The molecule has 0 saturated heterocycles. The van der Waals surface area contributed by atoms with E-state index in [1.807, 2.05) is 19.9 Å². The van der Waals surface area contributed by atoms with Gasteiger partial charge in [-0.2, -0.15) is 0 Å². The summed E-state index contributed by atoms with van der Waals surface area (Å²) in [4.78, 5) is 64.1. The molecule has 1 aliphatic carbocycles. The fourth-order valence-electron chi connectivity index (χ4n) is 6.46. The van der Waals surface area contributed by atoms with Gasteiger partial charge < -0.3 is 41.6 Å². The van der Waals surface area contributed by atoms with Crippen LogP contribution in [0, 0.1) is 23.7 Å². The molecule has 8 N–H and O–H groups in total. The van der Waals surface area contributed by atoms with Crippen molar-refractivity contribution < 1.29 is 34.5 Å². The summed E-state index contributed by atoms with van der Waals surface area (Å²) < 4.78 is 0. The van der Waals surface area contributed by atoms with Crippen molar-refractivity contribution in [3.8, 4) is 0 Å². The van der Waals surface area contributed by atoms with Crippen LogP contribution in [0.25, 0.3) is 0 Å². The lowest BCUT2D eigenvalue weighted by molar-refractivity contribution is -0.141. The van der Waals surface area contributed by atoms with E-state index in [0.29, 0.717) is 24.2 Å². The summed E-state index contributed by atoms with van der Waals surface area (Å²) in [5, 5.41) is 43.8. The zero-order chi connectivity index (χ0) is 35.9. The van der Waals surface area contributed by atoms with Crippen LogP contribution in [0.2, 0.25) is 0 Å². The first kappa shape index (κ1) is 39.6. The third-order valence-electron chi connectivity index (χ3n) is 9.53. The van der Waals surface area contributed by atoms with Gasteiger partial charge in [0.05, 0.1) is 36.6 Å². The summed E-state index contributed by atoms with van der Waals surface area (Å²) in [5.41, 5.74) is 1.23. The molecule has 3 rings (SSSR count). The molecular weight excluding hydrogens is 630 g/mol. The fourth-order valence-corrected chi connectivity index (χ4v) is 6.46. The number of imidazole rings is 1. The van der Waals surface area contributed by atoms with E-state index >= 15 is 0 Å². The minimum absolute atomic E-state index is 0.0444. The van der Waals surface area contributed by atoms with Crippen molar-refractivity contribution in [1.29, 1.82) is 0 Å². The Morgan fingerprint density at radius 3 is 2.29 bits per heavy atom. The Bertz CT molecular complexity index is 1300. The number of amides is 4.